The lowest BCUT2D eigenvalue weighted by Crippen LogP contribution is -2.07. The van der Waals surface area contributed by atoms with E-state index in [9.17, 15) is 22.4 Å². The molecule has 0 spiro atoms. The summed E-state index contributed by atoms with van der Waals surface area (Å²) in [6, 6.07) is 2.14. The van der Waals surface area contributed by atoms with Crippen molar-refractivity contribution < 1.29 is 22.4 Å². The van der Waals surface area contributed by atoms with Gasteiger partial charge in [0.05, 0.1) is 5.56 Å². The molecule has 0 aliphatic heterocycles. The van der Waals surface area contributed by atoms with Gasteiger partial charge in [-0.3, -0.25) is 0 Å². The first kappa shape index (κ1) is 11.7. The smallest absolute Gasteiger partial charge is 0.303 e. The molecule has 1 unspecified atom stereocenters. The van der Waals surface area contributed by atoms with Crippen LogP contribution < -0.4 is 0 Å². The van der Waals surface area contributed by atoms with Crippen LogP contribution in [0.5, 0.6) is 0 Å². The lowest BCUT2D eigenvalue weighted by Gasteiger charge is -2.10. The highest BCUT2D eigenvalue weighted by Crippen LogP contribution is 2.31. The van der Waals surface area contributed by atoms with Crippen molar-refractivity contribution >= 4 is 6.29 Å². The van der Waals surface area contributed by atoms with E-state index in [1.165, 1.54) is 6.92 Å². The lowest BCUT2D eigenvalue weighted by atomic mass is 10.0. The largest absolute Gasteiger partial charge is 0.416 e. The summed E-state index contributed by atoms with van der Waals surface area (Å²) in [5, 5.41) is 0. The number of rotatable bonds is 2. The van der Waals surface area contributed by atoms with Crippen molar-refractivity contribution in [2.24, 2.45) is 0 Å². The van der Waals surface area contributed by atoms with Crippen LogP contribution in [0.15, 0.2) is 18.2 Å². The van der Waals surface area contributed by atoms with E-state index < -0.39 is 23.5 Å². The van der Waals surface area contributed by atoms with Gasteiger partial charge in [-0.05, 0) is 17.7 Å². The van der Waals surface area contributed by atoms with E-state index >= 15 is 0 Å². The Labute approximate surface area is 83.7 Å². The summed E-state index contributed by atoms with van der Waals surface area (Å²) in [5.74, 6) is -1.75. The second kappa shape index (κ2) is 4.00. The van der Waals surface area contributed by atoms with Crippen molar-refractivity contribution in [3.63, 3.8) is 0 Å². The van der Waals surface area contributed by atoms with Crippen molar-refractivity contribution in [2.45, 2.75) is 19.0 Å². The van der Waals surface area contributed by atoms with E-state index in [1.54, 1.807) is 0 Å². The van der Waals surface area contributed by atoms with Gasteiger partial charge in [0.1, 0.15) is 12.1 Å². The van der Waals surface area contributed by atoms with Crippen LogP contribution in [0.2, 0.25) is 0 Å². The van der Waals surface area contributed by atoms with Crippen LogP contribution in [-0.2, 0) is 11.0 Å². The molecule has 0 saturated heterocycles. The standard InChI is InChI=1S/C10H8F4O/c1-6(5-15)8-3-2-7(4-9(8)11)10(12,13)14/h2-6H,1H3. The molecule has 0 heterocycles. The van der Waals surface area contributed by atoms with E-state index in [1.807, 2.05) is 0 Å². The van der Waals surface area contributed by atoms with E-state index in [2.05, 4.69) is 0 Å². The van der Waals surface area contributed by atoms with Gasteiger partial charge in [-0.1, -0.05) is 13.0 Å². The fourth-order valence-electron chi connectivity index (χ4n) is 1.15. The Morgan fingerprint density at radius 1 is 1.33 bits per heavy atom. The highest BCUT2D eigenvalue weighted by atomic mass is 19.4. The molecule has 15 heavy (non-hydrogen) atoms. The summed E-state index contributed by atoms with van der Waals surface area (Å²) in [5.41, 5.74) is -1.08. The summed E-state index contributed by atoms with van der Waals surface area (Å²) in [7, 11) is 0. The van der Waals surface area contributed by atoms with Crippen molar-refractivity contribution in [1.82, 2.24) is 0 Å². The summed E-state index contributed by atoms with van der Waals surface area (Å²) < 4.78 is 49.6. The average molecular weight is 220 g/mol. The molecule has 0 aliphatic carbocycles. The maximum absolute atomic E-state index is 13.2. The molecule has 0 amide bonds. The third-order valence-corrected chi connectivity index (χ3v) is 2.02. The topological polar surface area (TPSA) is 17.1 Å². The Morgan fingerprint density at radius 3 is 2.33 bits per heavy atom. The number of carbonyl (C=O) groups excluding carboxylic acids is 1. The number of halogens is 4. The van der Waals surface area contributed by atoms with Crippen LogP contribution in [0.25, 0.3) is 0 Å². The van der Waals surface area contributed by atoms with Crippen LogP contribution in [0.4, 0.5) is 17.6 Å². The molecule has 0 fully saturated rings. The second-order valence-electron chi connectivity index (χ2n) is 3.16. The van der Waals surface area contributed by atoms with Gasteiger partial charge in [0.2, 0.25) is 0 Å². The van der Waals surface area contributed by atoms with Crippen molar-refractivity contribution in [3.8, 4) is 0 Å². The molecular weight excluding hydrogens is 212 g/mol. The first-order chi connectivity index (χ1) is 6.86. The summed E-state index contributed by atoms with van der Waals surface area (Å²) in [4.78, 5) is 10.4. The fourth-order valence-corrected chi connectivity index (χ4v) is 1.15. The summed E-state index contributed by atoms with van der Waals surface area (Å²) in [6.45, 7) is 1.42. The van der Waals surface area contributed by atoms with Crippen LogP contribution in [0, 0.1) is 5.82 Å². The van der Waals surface area contributed by atoms with Crippen LogP contribution in [0.3, 0.4) is 0 Å². The summed E-state index contributed by atoms with van der Waals surface area (Å²) in [6.07, 6.45) is -4.09. The third kappa shape index (κ3) is 2.55. The molecule has 0 aromatic heterocycles. The Bertz CT molecular complexity index is 370. The average Bonchev–Trinajstić information content (AvgIpc) is 2.15. The molecule has 0 N–H and O–H groups in total. The van der Waals surface area contributed by atoms with Gasteiger partial charge < -0.3 is 4.79 Å². The minimum atomic E-state index is -4.57. The van der Waals surface area contributed by atoms with Crippen molar-refractivity contribution in [3.05, 3.63) is 35.1 Å². The van der Waals surface area contributed by atoms with Crippen molar-refractivity contribution in [2.75, 3.05) is 0 Å². The van der Waals surface area contributed by atoms with Gasteiger partial charge >= 0.3 is 6.18 Å². The van der Waals surface area contributed by atoms with E-state index in [-0.39, 0.29) is 5.56 Å². The van der Waals surface area contributed by atoms with Crippen LogP contribution in [0.1, 0.15) is 24.0 Å². The molecule has 1 aromatic rings. The van der Waals surface area contributed by atoms with E-state index in [4.69, 9.17) is 0 Å². The highest BCUT2D eigenvalue weighted by Gasteiger charge is 2.31. The van der Waals surface area contributed by atoms with Crippen LogP contribution >= 0.6 is 0 Å². The number of hydrogen-bond donors (Lipinski definition) is 0. The quantitative estimate of drug-likeness (QED) is 0.552. The van der Waals surface area contributed by atoms with Crippen LogP contribution in [-0.4, -0.2) is 6.29 Å². The molecule has 1 rings (SSSR count). The minimum Gasteiger partial charge on any atom is -0.303 e. The van der Waals surface area contributed by atoms with Gasteiger partial charge in [0, 0.05) is 5.92 Å². The van der Waals surface area contributed by atoms with Gasteiger partial charge in [-0.2, -0.15) is 13.2 Å². The normalized spacial score (nSPS) is 13.7. The maximum Gasteiger partial charge on any atom is 0.416 e. The molecule has 1 atom stereocenters. The van der Waals surface area contributed by atoms with E-state index in [0.29, 0.717) is 12.4 Å². The molecule has 0 bridgehead atoms. The molecular formula is C10H8F4O. The lowest BCUT2D eigenvalue weighted by molar-refractivity contribution is -0.137. The molecule has 82 valence electrons. The number of benzene rings is 1. The Kier molecular flexibility index (Phi) is 3.12. The zero-order valence-electron chi connectivity index (χ0n) is 7.81. The number of aldehydes is 1. The Morgan fingerprint density at radius 2 is 1.93 bits per heavy atom. The van der Waals surface area contributed by atoms with Gasteiger partial charge in [0.15, 0.2) is 0 Å². The zero-order chi connectivity index (χ0) is 11.6. The predicted molar refractivity (Wildman–Crippen MR) is 45.9 cm³/mol. The third-order valence-electron chi connectivity index (χ3n) is 2.02. The van der Waals surface area contributed by atoms with Gasteiger partial charge in [-0.15, -0.1) is 0 Å². The van der Waals surface area contributed by atoms with Gasteiger partial charge in [0.25, 0.3) is 0 Å². The molecule has 1 nitrogen and oxygen atoms in total. The molecule has 0 aliphatic rings. The minimum absolute atomic E-state index is 0.0296. The number of hydrogen-bond acceptors (Lipinski definition) is 1. The maximum atomic E-state index is 13.2. The molecule has 0 radical (unpaired) electrons. The number of carbonyl (C=O) groups is 1. The van der Waals surface area contributed by atoms with Crippen molar-refractivity contribution in [1.29, 1.82) is 0 Å². The number of alkyl halides is 3. The molecule has 1 aromatic carbocycles. The molecule has 0 saturated carbocycles. The van der Waals surface area contributed by atoms with E-state index in [0.717, 1.165) is 12.1 Å². The summed E-state index contributed by atoms with van der Waals surface area (Å²) >= 11 is 0. The first-order valence-corrected chi connectivity index (χ1v) is 4.18. The first-order valence-electron chi connectivity index (χ1n) is 4.18. The highest BCUT2D eigenvalue weighted by molar-refractivity contribution is 5.61. The second-order valence-corrected chi connectivity index (χ2v) is 3.16. The van der Waals surface area contributed by atoms with Gasteiger partial charge in [-0.25, -0.2) is 4.39 Å². The SMILES string of the molecule is CC(C=O)c1ccc(C(F)(F)F)cc1F. The Balaban J connectivity index is 3.14. The fraction of sp³-hybridized carbons (Fsp3) is 0.300. The monoisotopic (exact) mass is 220 g/mol. The Hall–Kier alpha value is -1.39. The molecule has 5 heteroatoms. The predicted octanol–water partition coefficient (Wildman–Crippen LogP) is 3.15. The zero-order valence-corrected chi connectivity index (χ0v) is 7.81.